The fourth-order valence-corrected chi connectivity index (χ4v) is 5.87. The second-order valence-corrected chi connectivity index (χ2v) is 10.7. The second kappa shape index (κ2) is 11.2. The first-order valence-corrected chi connectivity index (χ1v) is 13.8. The normalized spacial score (nSPS) is 17.5. The van der Waals surface area contributed by atoms with Gasteiger partial charge in [0, 0.05) is 37.2 Å². The number of halogens is 2. The Balaban J connectivity index is 1.27. The summed E-state index contributed by atoms with van der Waals surface area (Å²) in [7, 11) is 1.63. The molecule has 1 aliphatic carbocycles. The van der Waals surface area contributed by atoms with Crippen LogP contribution in [0.4, 0.5) is 8.78 Å². The minimum absolute atomic E-state index is 0.0171. The lowest BCUT2D eigenvalue weighted by Gasteiger charge is -2.32. The molecular weight excluding hydrogens is 522 g/mol. The predicted octanol–water partition coefficient (Wildman–Crippen LogP) is 6.26. The van der Waals surface area contributed by atoms with Gasteiger partial charge in [-0.1, -0.05) is 54.6 Å². The number of hydrogen-bond acceptors (Lipinski definition) is 3. The second-order valence-electron chi connectivity index (χ2n) is 10.7. The minimum Gasteiger partial charge on any atom is -0.497 e. The van der Waals surface area contributed by atoms with Crippen LogP contribution in [0.15, 0.2) is 84.9 Å². The first-order valence-electron chi connectivity index (χ1n) is 13.8. The maximum atomic E-state index is 13.9. The average Bonchev–Trinajstić information content (AvgIpc) is 3.80. The molecule has 1 heterocycles. The van der Waals surface area contributed by atoms with E-state index in [1.54, 1.807) is 12.0 Å². The molecule has 2 aliphatic rings. The van der Waals surface area contributed by atoms with E-state index in [2.05, 4.69) is 23.5 Å². The molecule has 0 saturated heterocycles. The van der Waals surface area contributed by atoms with Crippen LogP contribution < -0.4 is 10.1 Å². The Hall–Kier alpha value is -4.52. The summed E-state index contributed by atoms with van der Waals surface area (Å²) < 4.78 is 33.2. The molecule has 6 rings (SSSR count). The molecule has 208 valence electrons. The number of rotatable bonds is 7. The Labute approximate surface area is 237 Å². The zero-order valence-corrected chi connectivity index (χ0v) is 22.7. The summed E-state index contributed by atoms with van der Waals surface area (Å²) in [5, 5.41) is 3.12. The summed E-state index contributed by atoms with van der Waals surface area (Å²) in [5.74, 6) is -1.06. The molecule has 0 aromatic heterocycles. The number of carbonyl (C=O) groups is 2. The maximum absolute atomic E-state index is 13.9. The summed E-state index contributed by atoms with van der Waals surface area (Å²) in [6.07, 6.45) is 1.39. The molecule has 5 nitrogen and oxygen atoms in total. The number of hydrogen-bond donors (Lipinski definition) is 1. The van der Waals surface area contributed by atoms with Crippen molar-refractivity contribution < 1.29 is 23.1 Å². The molecule has 1 N–H and O–H groups in total. The van der Waals surface area contributed by atoms with E-state index in [1.165, 1.54) is 5.56 Å². The zero-order valence-electron chi connectivity index (χ0n) is 22.7. The number of amides is 2. The van der Waals surface area contributed by atoms with E-state index in [1.807, 2.05) is 48.5 Å². The number of nitrogens with one attached hydrogen (secondary N) is 1. The molecule has 4 aromatic rings. The van der Waals surface area contributed by atoms with Crippen molar-refractivity contribution in [1.82, 2.24) is 10.2 Å². The molecule has 1 fully saturated rings. The van der Waals surface area contributed by atoms with Crippen LogP contribution in [0, 0.1) is 17.6 Å². The Kier molecular flexibility index (Phi) is 7.26. The van der Waals surface area contributed by atoms with E-state index >= 15 is 0 Å². The summed E-state index contributed by atoms with van der Waals surface area (Å²) in [6.45, 7) is 0.997. The van der Waals surface area contributed by atoms with Crippen molar-refractivity contribution in [3.8, 4) is 16.9 Å². The Bertz CT molecular complexity index is 1600. The molecule has 7 heteroatoms. The van der Waals surface area contributed by atoms with Gasteiger partial charge in [0.15, 0.2) is 0 Å². The molecule has 0 spiro atoms. The van der Waals surface area contributed by atoms with Crippen LogP contribution >= 0.6 is 0 Å². The molecule has 1 aliphatic heterocycles. The highest BCUT2D eigenvalue weighted by atomic mass is 19.1. The highest BCUT2D eigenvalue weighted by molar-refractivity contribution is 5.94. The van der Waals surface area contributed by atoms with E-state index in [-0.39, 0.29) is 29.9 Å². The van der Waals surface area contributed by atoms with Crippen molar-refractivity contribution in [2.24, 2.45) is 5.92 Å². The Morgan fingerprint density at radius 1 is 0.927 bits per heavy atom. The van der Waals surface area contributed by atoms with Crippen molar-refractivity contribution >= 4 is 11.8 Å². The first-order chi connectivity index (χ1) is 19.9. The Morgan fingerprint density at radius 3 is 2.46 bits per heavy atom. The van der Waals surface area contributed by atoms with Crippen molar-refractivity contribution in [2.45, 2.75) is 31.8 Å². The number of nitrogens with zero attached hydrogens (tertiary/aromatic N) is 1. The first kappa shape index (κ1) is 26.7. The fourth-order valence-electron chi connectivity index (χ4n) is 5.87. The summed E-state index contributed by atoms with van der Waals surface area (Å²) in [4.78, 5) is 28.0. The fraction of sp³-hybridized carbons (Fsp3) is 0.235. The van der Waals surface area contributed by atoms with E-state index in [0.29, 0.717) is 19.5 Å². The number of methoxy groups -OCH3 is 1. The Morgan fingerprint density at radius 2 is 1.71 bits per heavy atom. The zero-order chi connectivity index (χ0) is 28.5. The van der Waals surface area contributed by atoms with Crippen molar-refractivity contribution in [3.63, 3.8) is 0 Å². The number of carbonyl (C=O) groups excluding carboxylic acids is 2. The van der Waals surface area contributed by atoms with Crippen LogP contribution in [0.3, 0.4) is 0 Å². The summed E-state index contributed by atoms with van der Waals surface area (Å²) >= 11 is 0. The lowest BCUT2D eigenvalue weighted by molar-refractivity contribution is -0.122. The van der Waals surface area contributed by atoms with Gasteiger partial charge < -0.3 is 15.0 Å². The SMILES string of the molecule is COc1cccc(-c2ccc(CNC(=O)[C@H]3C[C@@H]3c3ccccc3)c3c2CCN(C(=O)c2cc(F)cc(F)c2)C3)c1. The van der Waals surface area contributed by atoms with Crippen LogP contribution in [0.5, 0.6) is 5.75 Å². The largest absolute Gasteiger partial charge is 0.497 e. The van der Waals surface area contributed by atoms with Crippen LogP contribution in [-0.2, 0) is 24.3 Å². The molecule has 0 unspecified atom stereocenters. The smallest absolute Gasteiger partial charge is 0.254 e. The van der Waals surface area contributed by atoms with Gasteiger partial charge in [0.2, 0.25) is 5.91 Å². The summed E-state index contributed by atoms with van der Waals surface area (Å²) in [5.41, 5.74) is 6.13. The highest BCUT2D eigenvalue weighted by Crippen LogP contribution is 2.47. The molecule has 41 heavy (non-hydrogen) atoms. The highest BCUT2D eigenvalue weighted by Gasteiger charge is 2.43. The number of benzene rings is 4. The van der Waals surface area contributed by atoms with Crippen molar-refractivity contribution in [1.29, 1.82) is 0 Å². The maximum Gasteiger partial charge on any atom is 0.254 e. The van der Waals surface area contributed by atoms with Crippen LogP contribution in [0.2, 0.25) is 0 Å². The van der Waals surface area contributed by atoms with Gasteiger partial charge in [-0.05, 0) is 76.4 Å². The summed E-state index contributed by atoms with van der Waals surface area (Å²) in [6, 6.07) is 24.8. The monoisotopic (exact) mass is 552 g/mol. The standard InChI is InChI=1S/C34H30F2N2O3/c1-41-27-9-5-8-22(16-27)28-11-10-23(19-37-33(39)31-18-30(31)21-6-3-2-4-7-21)32-20-38(13-12-29(28)32)34(40)24-14-25(35)17-26(36)15-24/h2-11,14-17,30-31H,12-13,18-20H2,1H3,(H,37,39)/t30-,31+/m1/s1. The van der Waals surface area contributed by atoms with Gasteiger partial charge in [-0.25, -0.2) is 8.78 Å². The van der Waals surface area contributed by atoms with Crippen LogP contribution in [-0.4, -0.2) is 30.4 Å². The van der Waals surface area contributed by atoms with Gasteiger partial charge >= 0.3 is 0 Å². The third-order valence-electron chi connectivity index (χ3n) is 8.09. The molecule has 4 aromatic carbocycles. The average molecular weight is 553 g/mol. The molecule has 0 bridgehead atoms. The van der Waals surface area contributed by atoms with E-state index < -0.39 is 17.5 Å². The van der Waals surface area contributed by atoms with Gasteiger partial charge in [0.05, 0.1) is 7.11 Å². The van der Waals surface area contributed by atoms with E-state index in [4.69, 9.17) is 4.74 Å². The van der Waals surface area contributed by atoms with Crippen LogP contribution in [0.25, 0.3) is 11.1 Å². The molecule has 1 saturated carbocycles. The van der Waals surface area contributed by atoms with E-state index in [0.717, 1.165) is 58.2 Å². The molecule has 2 atom stereocenters. The van der Waals surface area contributed by atoms with Gasteiger partial charge in [-0.15, -0.1) is 0 Å². The molecular formula is C34H30F2N2O3. The van der Waals surface area contributed by atoms with Crippen LogP contribution in [0.1, 0.15) is 45.0 Å². The van der Waals surface area contributed by atoms with Crippen molar-refractivity contribution in [3.05, 3.63) is 124 Å². The third kappa shape index (κ3) is 5.57. The molecule has 2 amide bonds. The minimum atomic E-state index is -0.789. The quantitative estimate of drug-likeness (QED) is 0.295. The van der Waals surface area contributed by atoms with Crippen molar-refractivity contribution in [2.75, 3.05) is 13.7 Å². The van der Waals surface area contributed by atoms with Gasteiger partial charge in [-0.2, -0.15) is 0 Å². The number of fused-ring (bicyclic) bond motifs is 1. The topological polar surface area (TPSA) is 58.6 Å². The lowest BCUT2D eigenvalue weighted by atomic mass is 9.87. The number of ether oxygens (including phenoxy) is 1. The van der Waals surface area contributed by atoms with E-state index in [9.17, 15) is 18.4 Å². The van der Waals surface area contributed by atoms with Gasteiger partial charge in [-0.3, -0.25) is 9.59 Å². The van der Waals surface area contributed by atoms with Gasteiger partial charge in [0.1, 0.15) is 17.4 Å². The third-order valence-corrected chi connectivity index (χ3v) is 8.09. The van der Waals surface area contributed by atoms with Gasteiger partial charge in [0.25, 0.3) is 5.91 Å². The predicted molar refractivity (Wildman–Crippen MR) is 152 cm³/mol. The lowest BCUT2D eigenvalue weighted by Crippen LogP contribution is -2.37. The molecule has 0 radical (unpaired) electrons.